The molecule has 0 atom stereocenters. The molecule has 0 fully saturated rings. The van der Waals surface area contributed by atoms with Crippen molar-refractivity contribution in [3.05, 3.63) is 39.9 Å². The predicted octanol–water partition coefficient (Wildman–Crippen LogP) is 5.17. The molecule has 0 aliphatic heterocycles. The van der Waals surface area contributed by atoms with E-state index in [9.17, 15) is 0 Å². The zero-order chi connectivity index (χ0) is 11.9. The van der Waals surface area contributed by atoms with Gasteiger partial charge in [0.25, 0.3) is 0 Å². The standard InChI is InChI=1S/C15H19Br/c1-10(2)12-7-8-15(3,4)14-6-5-11(16)9-13(12)14/h5-7,9-10H,8H2,1-4H3. The minimum absolute atomic E-state index is 0.272. The van der Waals surface area contributed by atoms with Crippen LogP contribution in [0.4, 0.5) is 0 Å². The second-order valence-electron chi connectivity index (χ2n) is 5.59. The summed E-state index contributed by atoms with van der Waals surface area (Å²) >= 11 is 3.58. The van der Waals surface area contributed by atoms with E-state index < -0.39 is 0 Å². The van der Waals surface area contributed by atoms with Crippen molar-refractivity contribution in [3.63, 3.8) is 0 Å². The van der Waals surface area contributed by atoms with Gasteiger partial charge in [0.2, 0.25) is 0 Å². The van der Waals surface area contributed by atoms with Crippen LogP contribution < -0.4 is 0 Å². The first-order valence-electron chi connectivity index (χ1n) is 5.92. The maximum absolute atomic E-state index is 3.58. The van der Waals surface area contributed by atoms with Gasteiger partial charge in [-0.25, -0.2) is 0 Å². The van der Waals surface area contributed by atoms with E-state index in [0.717, 1.165) is 6.42 Å². The molecule has 0 spiro atoms. The average Bonchev–Trinajstić information content (AvgIpc) is 2.16. The molecular weight excluding hydrogens is 260 g/mol. The number of fused-ring (bicyclic) bond motifs is 1. The van der Waals surface area contributed by atoms with Crippen LogP contribution in [0.2, 0.25) is 0 Å². The molecule has 1 heteroatoms. The summed E-state index contributed by atoms with van der Waals surface area (Å²) in [4.78, 5) is 0. The lowest BCUT2D eigenvalue weighted by atomic mass is 9.71. The second kappa shape index (κ2) is 4.03. The minimum Gasteiger partial charge on any atom is -0.0796 e. The molecule has 0 aromatic heterocycles. The van der Waals surface area contributed by atoms with Crippen LogP contribution in [0.15, 0.2) is 28.7 Å². The van der Waals surface area contributed by atoms with Gasteiger partial charge in [0.15, 0.2) is 0 Å². The van der Waals surface area contributed by atoms with Crippen LogP contribution in [0.5, 0.6) is 0 Å². The second-order valence-corrected chi connectivity index (χ2v) is 6.51. The molecule has 2 rings (SSSR count). The number of allylic oxidation sites excluding steroid dienone is 2. The van der Waals surface area contributed by atoms with Crippen LogP contribution in [0.3, 0.4) is 0 Å². The van der Waals surface area contributed by atoms with E-state index in [1.165, 1.54) is 21.2 Å². The summed E-state index contributed by atoms with van der Waals surface area (Å²) in [6.07, 6.45) is 3.56. The van der Waals surface area contributed by atoms with Gasteiger partial charge >= 0.3 is 0 Å². The fraction of sp³-hybridized carbons (Fsp3) is 0.467. The van der Waals surface area contributed by atoms with Gasteiger partial charge < -0.3 is 0 Å². The third-order valence-corrected chi connectivity index (χ3v) is 3.97. The fourth-order valence-electron chi connectivity index (χ4n) is 2.48. The molecule has 0 radical (unpaired) electrons. The summed E-state index contributed by atoms with van der Waals surface area (Å²) in [5, 5.41) is 0. The smallest absolute Gasteiger partial charge is 0.0181 e. The van der Waals surface area contributed by atoms with Crippen molar-refractivity contribution in [2.24, 2.45) is 5.92 Å². The summed E-state index contributed by atoms with van der Waals surface area (Å²) in [6, 6.07) is 6.70. The van der Waals surface area contributed by atoms with Crippen LogP contribution in [0.25, 0.3) is 5.57 Å². The van der Waals surface area contributed by atoms with Gasteiger partial charge in [0.1, 0.15) is 0 Å². The molecule has 0 unspecified atom stereocenters. The van der Waals surface area contributed by atoms with Crippen molar-refractivity contribution in [2.75, 3.05) is 0 Å². The molecule has 0 nitrogen and oxygen atoms in total. The maximum Gasteiger partial charge on any atom is 0.0181 e. The molecule has 86 valence electrons. The van der Waals surface area contributed by atoms with Crippen molar-refractivity contribution in [1.29, 1.82) is 0 Å². The van der Waals surface area contributed by atoms with Crippen molar-refractivity contribution in [2.45, 2.75) is 39.5 Å². The van der Waals surface area contributed by atoms with E-state index in [1.807, 2.05) is 0 Å². The Balaban J connectivity index is 2.62. The highest BCUT2D eigenvalue weighted by atomic mass is 79.9. The third kappa shape index (κ3) is 1.98. The monoisotopic (exact) mass is 278 g/mol. The molecule has 0 bridgehead atoms. The van der Waals surface area contributed by atoms with E-state index in [4.69, 9.17) is 0 Å². The number of hydrogen-bond donors (Lipinski definition) is 0. The lowest BCUT2D eigenvalue weighted by Gasteiger charge is -2.33. The quantitative estimate of drug-likeness (QED) is 0.665. The highest BCUT2D eigenvalue weighted by Crippen LogP contribution is 2.42. The zero-order valence-corrected chi connectivity index (χ0v) is 12.1. The van der Waals surface area contributed by atoms with Gasteiger partial charge in [0.05, 0.1) is 0 Å². The first-order valence-corrected chi connectivity index (χ1v) is 6.71. The number of benzene rings is 1. The van der Waals surface area contributed by atoms with Gasteiger partial charge in [-0.3, -0.25) is 0 Å². The Labute approximate surface area is 107 Å². The average molecular weight is 279 g/mol. The molecule has 1 aliphatic rings. The largest absolute Gasteiger partial charge is 0.0796 e. The van der Waals surface area contributed by atoms with E-state index in [1.54, 1.807) is 0 Å². The zero-order valence-electron chi connectivity index (χ0n) is 10.5. The van der Waals surface area contributed by atoms with Crippen molar-refractivity contribution >= 4 is 21.5 Å². The predicted molar refractivity (Wildman–Crippen MR) is 74.6 cm³/mol. The van der Waals surface area contributed by atoms with Crippen LogP contribution in [-0.2, 0) is 5.41 Å². The van der Waals surface area contributed by atoms with Crippen LogP contribution in [0, 0.1) is 5.92 Å². The Morgan fingerprint density at radius 3 is 2.56 bits per heavy atom. The van der Waals surface area contributed by atoms with E-state index >= 15 is 0 Å². The third-order valence-electron chi connectivity index (χ3n) is 3.48. The Bertz CT molecular complexity index is 439. The van der Waals surface area contributed by atoms with E-state index in [0.29, 0.717) is 5.92 Å². The summed E-state index contributed by atoms with van der Waals surface area (Å²) < 4.78 is 1.18. The lowest BCUT2D eigenvalue weighted by Crippen LogP contribution is -2.22. The molecule has 0 saturated heterocycles. The van der Waals surface area contributed by atoms with Crippen LogP contribution >= 0.6 is 15.9 Å². The molecule has 1 aromatic carbocycles. The van der Waals surface area contributed by atoms with Crippen molar-refractivity contribution < 1.29 is 0 Å². The molecule has 0 saturated carbocycles. The topological polar surface area (TPSA) is 0 Å². The molecule has 0 amide bonds. The molecule has 0 heterocycles. The highest BCUT2D eigenvalue weighted by Gasteiger charge is 2.28. The van der Waals surface area contributed by atoms with Crippen molar-refractivity contribution in [1.82, 2.24) is 0 Å². The van der Waals surface area contributed by atoms with Gasteiger partial charge in [0, 0.05) is 4.47 Å². The highest BCUT2D eigenvalue weighted by molar-refractivity contribution is 9.10. The number of hydrogen-bond acceptors (Lipinski definition) is 0. The molecule has 16 heavy (non-hydrogen) atoms. The van der Waals surface area contributed by atoms with Crippen molar-refractivity contribution in [3.8, 4) is 0 Å². The normalized spacial score (nSPS) is 18.2. The van der Waals surface area contributed by atoms with Crippen LogP contribution in [0.1, 0.15) is 45.2 Å². The summed E-state index contributed by atoms with van der Waals surface area (Å²) in [6.45, 7) is 9.20. The van der Waals surface area contributed by atoms with E-state index in [-0.39, 0.29) is 5.41 Å². The number of halogens is 1. The van der Waals surface area contributed by atoms with Gasteiger partial charge in [-0.1, -0.05) is 55.8 Å². The molecule has 1 aromatic rings. The Hall–Kier alpha value is -0.560. The number of rotatable bonds is 1. The minimum atomic E-state index is 0.272. The maximum atomic E-state index is 3.58. The Morgan fingerprint density at radius 1 is 1.25 bits per heavy atom. The fourth-order valence-corrected chi connectivity index (χ4v) is 2.84. The van der Waals surface area contributed by atoms with Gasteiger partial charge in [-0.05, 0) is 46.6 Å². The van der Waals surface area contributed by atoms with Gasteiger partial charge in [-0.15, -0.1) is 0 Å². The SMILES string of the molecule is CC(C)C1=CCC(C)(C)c2ccc(Br)cc21. The summed E-state index contributed by atoms with van der Waals surface area (Å²) in [5.41, 5.74) is 4.69. The molecule has 1 aliphatic carbocycles. The molecular formula is C15H19Br. The lowest BCUT2D eigenvalue weighted by molar-refractivity contribution is 0.523. The van der Waals surface area contributed by atoms with Crippen LogP contribution in [-0.4, -0.2) is 0 Å². The first-order chi connectivity index (χ1) is 7.42. The first kappa shape index (κ1) is 11.9. The van der Waals surface area contributed by atoms with Gasteiger partial charge in [-0.2, -0.15) is 0 Å². The summed E-state index contributed by atoms with van der Waals surface area (Å²) in [5.74, 6) is 0.601. The molecule has 0 N–H and O–H groups in total. The Morgan fingerprint density at radius 2 is 1.94 bits per heavy atom. The Kier molecular flexibility index (Phi) is 3.00. The van der Waals surface area contributed by atoms with E-state index in [2.05, 4.69) is 67.9 Å². The summed E-state index contributed by atoms with van der Waals surface area (Å²) in [7, 11) is 0.